The van der Waals surface area contributed by atoms with Crippen LogP contribution < -0.4 is 9.44 Å². The summed E-state index contributed by atoms with van der Waals surface area (Å²) in [6.45, 7) is 0. The molecule has 0 radical (unpaired) electrons. The van der Waals surface area contributed by atoms with E-state index < -0.39 is 20.0 Å². The number of nitrogens with one attached hydrogen (secondary N) is 2. The maximum absolute atomic E-state index is 11.1. The maximum Gasteiger partial charge on any atom is 0.229 e. The number of sulfonamides is 2. The lowest BCUT2D eigenvalue weighted by Crippen LogP contribution is -2.15. The number of halogens is 1. The van der Waals surface area contributed by atoms with Crippen molar-refractivity contribution >= 4 is 43.0 Å². The zero-order valence-electron chi connectivity index (χ0n) is 9.06. The highest BCUT2D eigenvalue weighted by atomic mass is 35.5. The summed E-state index contributed by atoms with van der Waals surface area (Å²) in [4.78, 5) is 0. The Morgan fingerprint density at radius 3 is 1.88 bits per heavy atom. The van der Waals surface area contributed by atoms with Crippen LogP contribution in [0.5, 0.6) is 0 Å². The van der Waals surface area contributed by atoms with Gasteiger partial charge >= 0.3 is 0 Å². The quantitative estimate of drug-likeness (QED) is 0.870. The predicted octanol–water partition coefficient (Wildman–Crippen LogP) is 1.08. The van der Waals surface area contributed by atoms with Crippen molar-refractivity contribution in [3.8, 4) is 0 Å². The first-order valence-electron chi connectivity index (χ1n) is 4.32. The van der Waals surface area contributed by atoms with E-state index in [1.165, 1.54) is 18.2 Å². The first-order chi connectivity index (χ1) is 7.57. The van der Waals surface area contributed by atoms with Crippen LogP contribution >= 0.6 is 11.6 Å². The lowest BCUT2D eigenvalue weighted by atomic mass is 10.3. The molecule has 0 aliphatic carbocycles. The van der Waals surface area contributed by atoms with Gasteiger partial charge in [0.2, 0.25) is 20.0 Å². The molecule has 9 heteroatoms. The minimum Gasteiger partial charge on any atom is -0.282 e. The SMILES string of the molecule is CS(=O)(=O)Nc1ccc(Cl)cc1NS(C)(=O)=O. The van der Waals surface area contributed by atoms with Crippen molar-refractivity contribution in [3.63, 3.8) is 0 Å². The summed E-state index contributed by atoms with van der Waals surface area (Å²) < 4.78 is 48.7. The summed E-state index contributed by atoms with van der Waals surface area (Å²) in [7, 11) is -7.01. The third-order valence-corrected chi connectivity index (χ3v) is 2.99. The second-order valence-corrected chi connectivity index (χ2v) is 7.37. The van der Waals surface area contributed by atoms with Gasteiger partial charge in [0.15, 0.2) is 0 Å². The lowest BCUT2D eigenvalue weighted by molar-refractivity contribution is 0.604. The number of rotatable bonds is 4. The predicted molar refractivity (Wildman–Crippen MR) is 68.4 cm³/mol. The molecule has 17 heavy (non-hydrogen) atoms. The van der Waals surface area contributed by atoms with Gasteiger partial charge in [-0.3, -0.25) is 9.44 Å². The van der Waals surface area contributed by atoms with Gasteiger partial charge in [-0.1, -0.05) is 11.6 Å². The van der Waals surface area contributed by atoms with Crippen LogP contribution in [-0.4, -0.2) is 29.3 Å². The number of benzene rings is 1. The molecule has 0 amide bonds. The second-order valence-electron chi connectivity index (χ2n) is 3.44. The molecule has 0 bridgehead atoms. The van der Waals surface area contributed by atoms with Crippen LogP contribution in [0.1, 0.15) is 0 Å². The Balaban J connectivity index is 3.22. The van der Waals surface area contributed by atoms with Crippen molar-refractivity contribution < 1.29 is 16.8 Å². The number of anilines is 2. The monoisotopic (exact) mass is 298 g/mol. The Bertz CT molecular complexity index is 625. The minimum absolute atomic E-state index is 0.0745. The van der Waals surface area contributed by atoms with Crippen molar-refractivity contribution in [1.29, 1.82) is 0 Å². The molecule has 1 aromatic carbocycles. The standard InChI is InChI=1S/C8H11ClN2O4S2/c1-16(12,13)10-7-4-3-6(9)5-8(7)11-17(2,14)15/h3-5,10-11H,1-2H3. The normalized spacial score (nSPS) is 12.2. The molecule has 1 rings (SSSR count). The van der Waals surface area contributed by atoms with Crippen molar-refractivity contribution in [2.24, 2.45) is 0 Å². The summed E-state index contributed by atoms with van der Waals surface area (Å²) in [5.41, 5.74) is 0.188. The van der Waals surface area contributed by atoms with Crippen LogP contribution in [0.3, 0.4) is 0 Å². The summed E-state index contributed by atoms with van der Waals surface area (Å²) in [5.74, 6) is 0. The molecule has 0 aliphatic heterocycles. The molecule has 0 saturated carbocycles. The molecule has 0 unspecified atom stereocenters. The van der Waals surface area contributed by atoms with Gasteiger partial charge in [-0.25, -0.2) is 16.8 Å². The van der Waals surface area contributed by atoms with E-state index in [0.29, 0.717) is 0 Å². The summed E-state index contributed by atoms with van der Waals surface area (Å²) in [6.07, 6.45) is 1.92. The van der Waals surface area contributed by atoms with E-state index in [1.807, 2.05) is 0 Å². The van der Waals surface area contributed by atoms with Gasteiger partial charge in [0, 0.05) is 5.02 Å². The van der Waals surface area contributed by atoms with Crippen LogP contribution in [0.15, 0.2) is 18.2 Å². The summed E-state index contributed by atoms with van der Waals surface area (Å²) in [6, 6.07) is 4.13. The Kier molecular flexibility index (Phi) is 3.90. The molecule has 0 atom stereocenters. The van der Waals surface area contributed by atoms with Gasteiger partial charge < -0.3 is 0 Å². The van der Waals surface area contributed by atoms with E-state index in [9.17, 15) is 16.8 Å². The Morgan fingerprint density at radius 2 is 1.41 bits per heavy atom. The van der Waals surface area contributed by atoms with E-state index in [4.69, 9.17) is 11.6 Å². The smallest absolute Gasteiger partial charge is 0.229 e. The highest BCUT2D eigenvalue weighted by Crippen LogP contribution is 2.27. The van der Waals surface area contributed by atoms with E-state index >= 15 is 0 Å². The topological polar surface area (TPSA) is 92.3 Å². The highest BCUT2D eigenvalue weighted by molar-refractivity contribution is 7.92. The minimum atomic E-state index is -3.52. The molecule has 0 heterocycles. The molecule has 0 saturated heterocycles. The van der Waals surface area contributed by atoms with Crippen LogP contribution in [0.2, 0.25) is 5.02 Å². The van der Waals surface area contributed by atoms with E-state index in [0.717, 1.165) is 12.5 Å². The molecule has 1 aromatic rings. The number of hydrogen-bond donors (Lipinski definition) is 2. The third-order valence-electron chi connectivity index (χ3n) is 1.57. The third kappa shape index (κ3) is 5.24. The summed E-state index contributed by atoms with van der Waals surface area (Å²) >= 11 is 5.70. The molecule has 0 spiro atoms. The maximum atomic E-state index is 11.1. The molecule has 6 nitrogen and oxygen atoms in total. The first-order valence-corrected chi connectivity index (χ1v) is 8.48. The average molecular weight is 299 g/mol. The van der Waals surface area contributed by atoms with Gasteiger partial charge in [0.25, 0.3) is 0 Å². The van der Waals surface area contributed by atoms with E-state index in [1.54, 1.807) is 0 Å². The Labute approximate surface area is 105 Å². The molecule has 0 aromatic heterocycles. The van der Waals surface area contributed by atoms with Gasteiger partial charge in [-0.05, 0) is 18.2 Å². The van der Waals surface area contributed by atoms with Crippen molar-refractivity contribution in [2.75, 3.05) is 22.0 Å². The average Bonchev–Trinajstić information content (AvgIpc) is 2.05. The zero-order valence-corrected chi connectivity index (χ0v) is 11.4. The fraction of sp³-hybridized carbons (Fsp3) is 0.250. The molecule has 96 valence electrons. The van der Waals surface area contributed by atoms with Gasteiger partial charge in [0.1, 0.15) is 0 Å². The van der Waals surface area contributed by atoms with E-state index in [-0.39, 0.29) is 16.4 Å². The number of hydrogen-bond acceptors (Lipinski definition) is 4. The van der Waals surface area contributed by atoms with Crippen LogP contribution in [0.4, 0.5) is 11.4 Å². The van der Waals surface area contributed by atoms with Gasteiger partial charge in [-0.15, -0.1) is 0 Å². The fourth-order valence-corrected chi connectivity index (χ4v) is 2.41. The fourth-order valence-electron chi connectivity index (χ4n) is 1.09. The van der Waals surface area contributed by atoms with Gasteiger partial charge in [-0.2, -0.15) is 0 Å². The molecule has 0 fully saturated rings. The van der Waals surface area contributed by atoms with Crippen molar-refractivity contribution in [1.82, 2.24) is 0 Å². The Morgan fingerprint density at radius 1 is 0.941 bits per heavy atom. The van der Waals surface area contributed by atoms with Crippen LogP contribution in [0.25, 0.3) is 0 Å². The molecular weight excluding hydrogens is 288 g/mol. The highest BCUT2D eigenvalue weighted by Gasteiger charge is 2.11. The Hall–Kier alpha value is -0.990. The first kappa shape index (κ1) is 14.1. The van der Waals surface area contributed by atoms with Gasteiger partial charge in [0.05, 0.1) is 23.9 Å². The summed E-state index contributed by atoms with van der Waals surface area (Å²) in [5, 5.41) is 0.287. The largest absolute Gasteiger partial charge is 0.282 e. The molecule has 0 aliphatic rings. The molecular formula is C8H11ClN2O4S2. The van der Waals surface area contributed by atoms with Crippen LogP contribution in [0, 0.1) is 0 Å². The molecule has 2 N–H and O–H groups in total. The zero-order chi connectivity index (χ0) is 13.3. The lowest BCUT2D eigenvalue weighted by Gasteiger charge is -2.11. The van der Waals surface area contributed by atoms with E-state index in [2.05, 4.69) is 9.44 Å². The van der Waals surface area contributed by atoms with Crippen LogP contribution in [-0.2, 0) is 20.0 Å². The second kappa shape index (κ2) is 4.71. The van der Waals surface area contributed by atoms with Crippen molar-refractivity contribution in [3.05, 3.63) is 23.2 Å². The van der Waals surface area contributed by atoms with Crippen molar-refractivity contribution in [2.45, 2.75) is 0 Å².